The number of ether oxygens (including phenoxy) is 1. The van der Waals surface area contributed by atoms with Crippen LogP contribution in [-0.2, 0) is 14.8 Å². The van der Waals surface area contributed by atoms with Crippen molar-refractivity contribution in [1.29, 1.82) is 0 Å². The summed E-state index contributed by atoms with van der Waals surface area (Å²) < 4.78 is 30.5. The molecule has 0 radical (unpaired) electrons. The third-order valence-electron chi connectivity index (χ3n) is 2.93. The smallest absolute Gasteiger partial charge is 0.266 e. The Labute approximate surface area is 106 Å². The van der Waals surface area contributed by atoms with Gasteiger partial charge in [0.2, 0.25) is 5.91 Å². The van der Waals surface area contributed by atoms with E-state index in [2.05, 4.69) is 0 Å². The molecule has 0 bridgehead atoms. The molecule has 98 valence electrons. The van der Waals surface area contributed by atoms with Crippen LogP contribution in [-0.4, -0.2) is 32.3 Å². The number of amides is 1. The molecule has 0 unspecified atom stereocenters. The lowest BCUT2D eigenvalue weighted by atomic mass is 10.2. The van der Waals surface area contributed by atoms with Crippen LogP contribution in [0.15, 0.2) is 29.2 Å². The van der Waals surface area contributed by atoms with Gasteiger partial charge in [0.25, 0.3) is 10.0 Å². The number of piperidine rings is 1. The molecule has 1 aromatic carbocycles. The zero-order chi connectivity index (χ0) is 13.2. The van der Waals surface area contributed by atoms with Crippen LogP contribution in [0.2, 0.25) is 0 Å². The number of benzene rings is 1. The average molecular weight is 269 g/mol. The molecule has 0 spiro atoms. The predicted octanol–water partition coefficient (Wildman–Crippen LogP) is 1.40. The van der Waals surface area contributed by atoms with Crippen molar-refractivity contribution in [3.63, 3.8) is 0 Å². The van der Waals surface area contributed by atoms with Gasteiger partial charge in [-0.2, -0.15) is 0 Å². The van der Waals surface area contributed by atoms with E-state index in [1.54, 1.807) is 12.1 Å². The molecule has 1 aliphatic rings. The summed E-state index contributed by atoms with van der Waals surface area (Å²) in [5.74, 6) is 0.260. The molecule has 1 amide bonds. The van der Waals surface area contributed by atoms with Gasteiger partial charge < -0.3 is 4.74 Å². The second-order valence-corrected chi connectivity index (χ2v) is 5.97. The molecule has 1 saturated heterocycles. The normalized spacial score (nSPS) is 16.7. The van der Waals surface area contributed by atoms with Crippen LogP contribution < -0.4 is 4.74 Å². The first kappa shape index (κ1) is 12.9. The van der Waals surface area contributed by atoms with Crippen LogP contribution in [0.5, 0.6) is 5.75 Å². The van der Waals surface area contributed by atoms with E-state index in [-0.39, 0.29) is 17.3 Å². The Hall–Kier alpha value is -1.56. The summed E-state index contributed by atoms with van der Waals surface area (Å²) in [6.45, 7) is 0.271. The first-order chi connectivity index (χ1) is 8.55. The molecule has 5 nitrogen and oxygen atoms in total. The van der Waals surface area contributed by atoms with Gasteiger partial charge >= 0.3 is 0 Å². The second kappa shape index (κ2) is 4.97. The van der Waals surface area contributed by atoms with Crippen LogP contribution in [0.25, 0.3) is 0 Å². The third kappa shape index (κ3) is 2.33. The number of rotatable bonds is 3. The summed E-state index contributed by atoms with van der Waals surface area (Å²) >= 11 is 0. The van der Waals surface area contributed by atoms with Crippen molar-refractivity contribution < 1.29 is 17.9 Å². The van der Waals surface area contributed by atoms with E-state index < -0.39 is 10.0 Å². The lowest BCUT2D eigenvalue weighted by molar-refractivity contribution is -0.128. The van der Waals surface area contributed by atoms with Crippen molar-refractivity contribution in [3.05, 3.63) is 24.3 Å². The second-order valence-electron chi connectivity index (χ2n) is 4.10. The minimum atomic E-state index is -3.71. The molecule has 0 aliphatic carbocycles. The van der Waals surface area contributed by atoms with Gasteiger partial charge in [-0.05, 0) is 37.1 Å². The van der Waals surface area contributed by atoms with Crippen LogP contribution in [0.3, 0.4) is 0 Å². The highest BCUT2D eigenvalue weighted by Crippen LogP contribution is 2.23. The van der Waals surface area contributed by atoms with E-state index in [0.717, 1.165) is 17.1 Å². The fraction of sp³-hybridized carbons (Fsp3) is 0.417. The van der Waals surface area contributed by atoms with Gasteiger partial charge in [0, 0.05) is 13.0 Å². The SMILES string of the molecule is COc1ccc(S(=O)(=O)N2CCCCC2=O)cc1. The topological polar surface area (TPSA) is 63.7 Å². The molecule has 6 heteroatoms. The summed E-state index contributed by atoms with van der Waals surface area (Å²) in [6, 6.07) is 6.05. The molecule has 0 saturated carbocycles. The van der Waals surface area contributed by atoms with Gasteiger partial charge in [-0.3, -0.25) is 4.79 Å². The number of nitrogens with zero attached hydrogens (tertiary/aromatic N) is 1. The van der Waals surface area contributed by atoms with Gasteiger partial charge in [-0.25, -0.2) is 12.7 Å². The Bertz CT molecular complexity index is 536. The molecule has 0 N–H and O–H groups in total. The molecule has 1 aliphatic heterocycles. The molecule has 1 fully saturated rings. The van der Waals surface area contributed by atoms with Crippen molar-refractivity contribution in [3.8, 4) is 5.75 Å². The van der Waals surface area contributed by atoms with Crippen LogP contribution >= 0.6 is 0 Å². The van der Waals surface area contributed by atoms with Gasteiger partial charge in [0.1, 0.15) is 5.75 Å². The van der Waals surface area contributed by atoms with E-state index >= 15 is 0 Å². The molecule has 2 rings (SSSR count). The van der Waals surface area contributed by atoms with Crippen LogP contribution in [0.1, 0.15) is 19.3 Å². The van der Waals surface area contributed by atoms with Crippen molar-refractivity contribution in [1.82, 2.24) is 4.31 Å². The summed E-state index contributed by atoms with van der Waals surface area (Å²) in [4.78, 5) is 11.8. The molecular weight excluding hydrogens is 254 g/mol. The molecular formula is C12H15NO4S. The Balaban J connectivity index is 2.31. The zero-order valence-corrected chi connectivity index (χ0v) is 10.9. The molecule has 18 heavy (non-hydrogen) atoms. The summed E-state index contributed by atoms with van der Waals surface area (Å²) in [5, 5.41) is 0. The van der Waals surface area contributed by atoms with Crippen molar-refractivity contribution in [2.45, 2.75) is 24.2 Å². The number of methoxy groups -OCH3 is 1. The highest BCUT2D eigenvalue weighted by molar-refractivity contribution is 7.89. The summed E-state index contributed by atoms with van der Waals surface area (Å²) in [6.07, 6.45) is 1.78. The van der Waals surface area contributed by atoms with E-state index in [1.807, 2.05) is 0 Å². The van der Waals surface area contributed by atoms with Crippen LogP contribution in [0.4, 0.5) is 0 Å². The Morgan fingerprint density at radius 1 is 1.17 bits per heavy atom. The van der Waals surface area contributed by atoms with Gasteiger partial charge in [-0.1, -0.05) is 0 Å². The quantitative estimate of drug-likeness (QED) is 0.832. The van der Waals surface area contributed by atoms with Crippen LogP contribution in [0, 0.1) is 0 Å². The molecule has 0 atom stereocenters. The van der Waals surface area contributed by atoms with Gasteiger partial charge in [0.15, 0.2) is 0 Å². The largest absolute Gasteiger partial charge is 0.497 e. The lowest BCUT2D eigenvalue weighted by Crippen LogP contribution is -2.40. The fourth-order valence-electron chi connectivity index (χ4n) is 1.91. The standard InChI is InChI=1S/C12H15NO4S/c1-17-10-5-7-11(8-6-10)18(15,16)13-9-3-2-4-12(13)14/h5-8H,2-4,9H2,1H3. The number of hydrogen-bond donors (Lipinski definition) is 0. The Kier molecular flexibility index (Phi) is 3.56. The maximum atomic E-state index is 12.3. The zero-order valence-electron chi connectivity index (χ0n) is 10.1. The minimum absolute atomic E-state index is 0.124. The summed E-state index contributed by atoms with van der Waals surface area (Å²) in [7, 11) is -2.20. The van der Waals surface area contributed by atoms with E-state index in [1.165, 1.54) is 19.2 Å². The van der Waals surface area contributed by atoms with Gasteiger partial charge in [0.05, 0.1) is 12.0 Å². The number of carbonyl (C=O) groups is 1. The highest BCUT2D eigenvalue weighted by Gasteiger charge is 2.30. The van der Waals surface area contributed by atoms with Crippen molar-refractivity contribution in [2.75, 3.05) is 13.7 Å². The Morgan fingerprint density at radius 3 is 2.39 bits per heavy atom. The maximum Gasteiger partial charge on any atom is 0.266 e. The number of carbonyl (C=O) groups excluding carboxylic acids is 1. The highest BCUT2D eigenvalue weighted by atomic mass is 32.2. The van der Waals surface area contributed by atoms with Crippen molar-refractivity contribution >= 4 is 15.9 Å². The Morgan fingerprint density at radius 2 is 1.83 bits per heavy atom. The minimum Gasteiger partial charge on any atom is -0.497 e. The first-order valence-electron chi connectivity index (χ1n) is 5.75. The molecule has 0 aromatic heterocycles. The lowest BCUT2D eigenvalue weighted by Gasteiger charge is -2.26. The van der Waals surface area contributed by atoms with E-state index in [4.69, 9.17) is 4.74 Å². The first-order valence-corrected chi connectivity index (χ1v) is 7.19. The fourth-order valence-corrected chi connectivity index (χ4v) is 3.37. The number of sulfonamides is 1. The average Bonchev–Trinajstić information content (AvgIpc) is 2.39. The van der Waals surface area contributed by atoms with E-state index in [0.29, 0.717) is 12.2 Å². The number of hydrogen-bond acceptors (Lipinski definition) is 4. The molecule has 1 heterocycles. The predicted molar refractivity (Wildman–Crippen MR) is 65.7 cm³/mol. The summed E-state index contributed by atoms with van der Waals surface area (Å²) in [5.41, 5.74) is 0. The maximum absolute atomic E-state index is 12.3. The van der Waals surface area contributed by atoms with Crippen molar-refractivity contribution in [2.24, 2.45) is 0 Å². The monoisotopic (exact) mass is 269 g/mol. The molecule has 1 aromatic rings. The third-order valence-corrected chi connectivity index (χ3v) is 4.76. The van der Waals surface area contributed by atoms with Gasteiger partial charge in [-0.15, -0.1) is 0 Å². The van der Waals surface area contributed by atoms with E-state index in [9.17, 15) is 13.2 Å².